The largest absolute Gasteiger partial charge is 0.418 e. The van der Waals surface area contributed by atoms with Gasteiger partial charge in [0.15, 0.2) is 0 Å². The number of rotatable bonds is 5. The average Bonchev–Trinajstić information content (AvgIpc) is 3.37. The first-order valence-electron chi connectivity index (χ1n) is 8.64. The first kappa shape index (κ1) is 20.2. The molecule has 1 aliphatic carbocycles. The minimum atomic E-state index is -4.96. The van der Waals surface area contributed by atoms with Gasteiger partial charge in [-0.15, -0.1) is 0 Å². The van der Waals surface area contributed by atoms with E-state index in [1.54, 1.807) is 0 Å². The SMILES string of the molecule is CC(C)Nc1nc(Nc2ccc(C(F)(F)F)cc2C(F)(F)F)cc(C2CC2)n1. The van der Waals surface area contributed by atoms with Gasteiger partial charge in [-0.2, -0.15) is 31.3 Å². The lowest BCUT2D eigenvalue weighted by atomic mass is 10.1. The van der Waals surface area contributed by atoms with E-state index >= 15 is 0 Å². The molecule has 28 heavy (non-hydrogen) atoms. The van der Waals surface area contributed by atoms with E-state index in [4.69, 9.17) is 0 Å². The summed E-state index contributed by atoms with van der Waals surface area (Å²) in [5.41, 5.74) is -2.60. The number of aromatic nitrogens is 2. The van der Waals surface area contributed by atoms with Crippen LogP contribution in [0.2, 0.25) is 0 Å². The van der Waals surface area contributed by atoms with Crippen molar-refractivity contribution >= 4 is 17.5 Å². The Balaban J connectivity index is 1.99. The van der Waals surface area contributed by atoms with Crippen LogP contribution in [0.3, 0.4) is 0 Å². The highest BCUT2D eigenvalue weighted by Gasteiger charge is 2.38. The van der Waals surface area contributed by atoms with Gasteiger partial charge in [-0.1, -0.05) is 0 Å². The molecule has 2 N–H and O–H groups in total. The second-order valence-corrected chi connectivity index (χ2v) is 6.96. The maximum absolute atomic E-state index is 13.3. The highest BCUT2D eigenvalue weighted by molar-refractivity contribution is 5.63. The van der Waals surface area contributed by atoms with E-state index < -0.39 is 29.2 Å². The smallest absolute Gasteiger partial charge is 0.352 e. The molecule has 0 amide bonds. The number of anilines is 3. The Bertz CT molecular complexity index is 856. The van der Waals surface area contributed by atoms with Crippen molar-refractivity contribution in [3.05, 3.63) is 41.1 Å². The van der Waals surface area contributed by atoms with Gasteiger partial charge in [-0.25, -0.2) is 4.98 Å². The van der Waals surface area contributed by atoms with Crippen molar-refractivity contribution in [2.75, 3.05) is 10.6 Å². The van der Waals surface area contributed by atoms with Gasteiger partial charge < -0.3 is 10.6 Å². The summed E-state index contributed by atoms with van der Waals surface area (Å²) < 4.78 is 78.5. The summed E-state index contributed by atoms with van der Waals surface area (Å²) in [5, 5.41) is 5.51. The number of halogens is 6. The molecule has 0 spiro atoms. The van der Waals surface area contributed by atoms with Crippen LogP contribution in [0.4, 0.5) is 43.8 Å². The third-order valence-electron chi connectivity index (χ3n) is 4.07. The first-order valence-corrected chi connectivity index (χ1v) is 8.64. The molecule has 0 unspecified atom stereocenters. The monoisotopic (exact) mass is 404 g/mol. The molecule has 1 aromatic heterocycles. The van der Waals surface area contributed by atoms with Crippen molar-refractivity contribution in [2.45, 2.75) is 51.0 Å². The molecular weight excluding hydrogens is 386 g/mol. The van der Waals surface area contributed by atoms with Crippen LogP contribution in [-0.4, -0.2) is 16.0 Å². The Morgan fingerprint density at radius 1 is 0.964 bits per heavy atom. The van der Waals surface area contributed by atoms with E-state index in [0.29, 0.717) is 11.8 Å². The van der Waals surface area contributed by atoms with Crippen molar-refractivity contribution in [2.24, 2.45) is 0 Å². The molecule has 2 aromatic rings. The predicted octanol–water partition coefficient (Wildman–Crippen LogP) is 5.96. The molecule has 0 saturated heterocycles. The zero-order valence-corrected chi connectivity index (χ0v) is 15.0. The fourth-order valence-corrected chi connectivity index (χ4v) is 2.64. The summed E-state index contributed by atoms with van der Waals surface area (Å²) >= 11 is 0. The van der Waals surface area contributed by atoms with E-state index in [9.17, 15) is 26.3 Å². The minimum Gasteiger partial charge on any atom is -0.352 e. The van der Waals surface area contributed by atoms with E-state index in [2.05, 4.69) is 20.6 Å². The standard InChI is InChI=1S/C18H18F6N4/c1-9(2)25-16-27-14(10-3-4-10)8-15(28-16)26-13-6-5-11(17(19,20)21)7-12(13)18(22,23)24/h5-10H,3-4H2,1-2H3,(H2,25,26,27,28). The summed E-state index contributed by atoms with van der Waals surface area (Å²) in [7, 11) is 0. The molecule has 4 nitrogen and oxygen atoms in total. The number of nitrogens with one attached hydrogen (secondary N) is 2. The van der Waals surface area contributed by atoms with Crippen molar-refractivity contribution < 1.29 is 26.3 Å². The third-order valence-corrected chi connectivity index (χ3v) is 4.07. The molecule has 0 radical (unpaired) electrons. The summed E-state index contributed by atoms with van der Waals surface area (Å²) in [6.07, 6.45) is -7.99. The molecular formula is C18H18F6N4. The fourth-order valence-electron chi connectivity index (χ4n) is 2.64. The third kappa shape index (κ3) is 4.85. The lowest BCUT2D eigenvalue weighted by Crippen LogP contribution is -2.15. The van der Waals surface area contributed by atoms with Crippen LogP contribution in [0.15, 0.2) is 24.3 Å². The zero-order chi connectivity index (χ0) is 20.7. The molecule has 1 fully saturated rings. The number of alkyl halides is 6. The zero-order valence-electron chi connectivity index (χ0n) is 15.0. The lowest BCUT2D eigenvalue weighted by Gasteiger charge is -2.18. The normalized spacial score (nSPS) is 15.0. The Hall–Kier alpha value is -2.52. The quantitative estimate of drug-likeness (QED) is 0.604. The Kier molecular flexibility index (Phi) is 5.16. The van der Waals surface area contributed by atoms with Crippen LogP contribution in [-0.2, 0) is 12.4 Å². The maximum Gasteiger partial charge on any atom is 0.418 e. The van der Waals surface area contributed by atoms with E-state index in [1.807, 2.05) is 13.8 Å². The van der Waals surface area contributed by atoms with E-state index in [0.717, 1.165) is 18.9 Å². The molecule has 1 aromatic carbocycles. The Morgan fingerprint density at radius 3 is 2.18 bits per heavy atom. The minimum absolute atomic E-state index is 0.000826. The van der Waals surface area contributed by atoms with E-state index in [-0.39, 0.29) is 29.8 Å². The lowest BCUT2D eigenvalue weighted by molar-refractivity contribution is -0.142. The van der Waals surface area contributed by atoms with Crippen LogP contribution in [0, 0.1) is 0 Å². The van der Waals surface area contributed by atoms with Crippen molar-refractivity contribution in [3.63, 3.8) is 0 Å². The predicted molar refractivity (Wildman–Crippen MR) is 92.5 cm³/mol. The summed E-state index contributed by atoms with van der Waals surface area (Å²) in [6, 6.07) is 2.99. The van der Waals surface area contributed by atoms with Gasteiger partial charge in [-0.3, -0.25) is 0 Å². The van der Waals surface area contributed by atoms with Crippen molar-refractivity contribution in [1.29, 1.82) is 0 Å². The van der Waals surface area contributed by atoms with Gasteiger partial charge in [-0.05, 0) is 44.9 Å². The number of benzene rings is 1. The summed E-state index contributed by atoms with van der Waals surface area (Å²) in [6.45, 7) is 3.72. The van der Waals surface area contributed by atoms with Crippen LogP contribution in [0.5, 0.6) is 0 Å². The second-order valence-electron chi connectivity index (χ2n) is 6.96. The van der Waals surface area contributed by atoms with Crippen LogP contribution in [0.1, 0.15) is 49.4 Å². The number of nitrogens with zero attached hydrogens (tertiary/aromatic N) is 2. The Morgan fingerprint density at radius 2 is 1.64 bits per heavy atom. The summed E-state index contributed by atoms with van der Waals surface area (Å²) in [4.78, 5) is 8.51. The van der Waals surface area contributed by atoms with Crippen molar-refractivity contribution in [3.8, 4) is 0 Å². The van der Waals surface area contributed by atoms with Gasteiger partial charge in [0.2, 0.25) is 5.95 Å². The highest BCUT2D eigenvalue weighted by Crippen LogP contribution is 2.42. The molecule has 1 saturated carbocycles. The van der Waals surface area contributed by atoms with Gasteiger partial charge in [0.1, 0.15) is 5.82 Å². The molecule has 0 atom stereocenters. The highest BCUT2D eigenvalue weighted by atomic mass is 19.4. The molecule has 0 aliphatic heterocycles. The molecule has 1 heterocycles. The van der Waals surface area contributed by atoms with E-state index in [1.165, 1.54) is 6.07 Å². The van der Waals surface area contributed by atoms with Gasteiger partial charge in [0.05, 0.1) is 22.5 Å². The topological polar surface area (TPSA) is 49.8 Å². The first-order chi connectivity index (χ1) is 12.9. The van der Waals surface area contributed by atoms with Gasteiger partial charge in [0, 0.05) is 18.0 Å². The van der Waals surface area contributed by atoms with Crippen molar-refractivity contribution in [1.82, 2.24) is 9.97 Å². The second kappa shape index (κ2) is 7.14. The molecule has 1 aliphatic rings. The average molecular weight is 404 g/mol. The molecule has 10 heteroatoms. The Labute approximate surface area is 157 Å². The molecule has 152 valence electrons. The molecule has 0 bridgehead atoms. The number of hydrogen-bond donors (Lipinski definition) is 2. The van der Waals surface area contributed by atoms with Gasteiger partial charge in [0.25, 0.3) is 0 Å². The summed E-state index contributed by atoms with van der Waals surface area (Å²) in [5.74, 6) is 0.554. The number of hydrogen-bond acceptors (Lipinski definition) is 4. The maximum atomic E-state index is 13.3. The van der Waals surface area contributed by atoms with Crippen LogP contribution in [0.25, 0.3) is 0 Å². The van der Waals surface area contributed by atoms with Crippen LogP contribution < -0.4 is 10.6 Å². The van der Waals surface area contributed by atoms with Crippen LogP contribution >= 0.6 is 0 Å². The fraction of sp³-hybridized carbons (Fsp3) is 0.444. The molecule has 3 rings (SSSR count). The van der Waals surface area contributed by atoms with Gasteiger partial charge >= 0.3 is 12.4 Å².